The first-order chi connectivity index (χ1) is 7.72. The van der Waals surface area contributed by atoms with Crippen molar-refractivity contribution in [2.24, 2.45) is 0 Å². The van der Waals surface area contributed by atoms with Crippen molar-refractivity contribution in [1.29, 1.82) is 0 Å². The fourth-order valence-corrected chi connectivity index (χ4v) is 1.13. The van der Waals surface area contributed by atoms with Crippen LogP contribution >= 0.6 is 24.0 Å². The fourth-order valence-electron chi connectivity index (χ4n) is 1.02. The van der Waals surface area contributed by atoms with E-state index in [1.54, 1.807) is 19.2 Å². The molecule has 1 heterocycles. The summed E-state index contributed by atoms with van der Waals surface area (Å²) in [5, 5.41) is 6.00. The van der Waals surface area contributed by atoms with E-state index in [1.807, 2.05) is 0 Å². The molecule has 1 amide bonds. The van der Waals surface area contributed by atoms with Crippen LogP contribution in [0.2, 0.25) is 5.02 Å². The van der Waals surface area contributed by atoms with Gasteiger partial charge >= 0.3 is 0 Å². The molecule has 0 atom stereocenters. The highest BCUT2D eigenvalue weighted by Gasteiger charge is 1.98. The number of hydrogen-bond acceptors (Lipinski definition) is 4. The molecule has 0 spiro atoms. The maximum Gasteiger partial charge on any atom is 0.234 e. The molecule has 5 nitrogen and oxygen atoms in total. The smallest absolute Gasteiger partial charge is 0.234 e. The number of amides is 1. The number of carbonyl (C=O) groups excluding carboxylic acids is 1. The first kappa shape index (κ1) is 16.0. The van der Waals surface area contributed by atoms with Gasteiger partial charge in [-0.1, -0.05) is 11.6 Å². The number of rotatable bonds is 6. The van der Waals surface area contributed by atoms with Crippen LogP contribution in [-0.4, -0.2) is 37.6 Å². The lowest BCUT2D eigenvalue weighted by Crippen LogP contribution is -2.34. The van der Waals surface area contributed by atoms with Crippen molar-refractivity contribution in [3.63, 3.8) is 0 Å². The van der Waals surface area contributed by atoms with E-state index >= 15 is 0 Å². The summed E-state index contributed by atoms with van der Waals surface area (Å²) in [6.07, 6.45) is 1.51. The van der Waals surface area contributed by atoms with Crippen molar-refractivity contribution in [1.82, 2.24) is 15.6 Å². The molecule has 96 valence electrons. The van der Waals surface area contributed by atoms with Crippen LogP contribution in [0.1, 0.15) is 0 Å². The average Bonchev–Trinajstić information content (AvgIpc) is 2.27. The summed E-state index contributed by atoms with van der Waals surface area (Å²) in [6, 6.07) is 3.38. The molecule has 0 aliphatic rings. The number of pyridine rings is 1. The summed E-state index contributed by atoms with van der Waals surface area (Å²) in [4.78, 5) is 15.0. The first-order valence-corrected chi connectivity index (χ1v) is 5.26. The van der Waals surface area contributed by atoms with Gasteiger partial charge in [-0.2, -0.15) is 0 Å². The summed E-state index contributed by atoms with van der Waals surface area (Å²) < 4.78 is 5.28. The minimum absolute atomic E-state index is 0. The normalized spacial score (nSPS) is 9.29. The van der Waals surface area contributed by atoms with Crippen molar-refractivity contribution >= 4 is 29.9 Å². The third-order valence-corrected chi connectivity index (χ3v) is 1.94. The third-order valence-electron chi connectivity index (χ3n) is 1.71. The maximum atomic E-state index is 11.0. The SMILES string of the molecule is CNCC(=O)NCCOc1ccc(Cl)cn1.Cl. The van der Waals surface area contributed by atoms with E-state index in [2.05, 4.69) is 15.6 Å². The summed E-state index contributed by atoms with van der Waals surface area (Å²) in [7, 11) is 1.72. The van der Waals surface area contributed by atoms with Gasteiger partial charge in [-0.05, 0) is 13.1 Å². The van der Waals surface area contributed by atoms with Gasteiger partial charge in [-0.15, -0.1) is 12.4 Å². The lowest BCUT2D eigenvalue weighted by molar-refractivity contribution is -0.120. The Hall–Kier alpha value is -1.04. The highest BCUT2D eigenvalue weighted by atomic mass is 35.5. The number of nitrogens with one attached hydrogen (secondary N) is 2. The van der Waals surface area contributed by atoms with E-state index in [0.717, 1.165) is 0 Å². The predicted octanol–water partition coefficient (Wildman–Crippen LogP) is 0.871. The molecule has 1 aromatic heterocycles. The second-order valence-electron chi connectivity index (χ2n) is 3.04. The van der Waals surface area contributed by atoms with E-state index in [-0.39, 0.29) is 18.3 Å². The van der Waals surface area contributed by atoms with E-state index in [0.29, 0.717) is 30.6 Å². The molecule has 1 rings (SSSR count). The van der Waals surface area contributed by atoms with Gasteiger partial charge in [-0.25, -0.2) is 4.98 Å². The number of halogens is 2. The quantitative estimate of drug-likeness (QED) is 0.759. The van der Waals surface area contributed by atoms with Crippen LogP contribution in [-0.2, 0) is 4.79 Å². The Morgan fingerprint density at radius 3 is 2.88 bits per heavy atom. The minimum atomic E-state index is -0.0600. The molecule has 0 fully saturated rings. The van der Waals surface area contributed by atoms with E-state index in [4.69, 9.17) is 16.3 Å². The van der Waals surface area contributed by atoms with Crippen LogP contribution < -0.4 is 15.4 Å². The molecule has 0 aliphatic carbocycles. The highest BCUT2D eigenvalue weighted by molar-refractivity contribution is 6.30. The Labute approximate surface area is 111 Å². The van der Waals surface area contributed by atoms with Crippen LogP contribution in [0.15, 0.2) is 18.3 Å². The maximum absolute atomic E-state index is 11.0. The molecule has 0 radical (unpaired) electrons. The van der Waals surface area contributed by atoms with Crippen molar-refractivity contribution in [2.45, 2.75) is 0 Å². The zero-order valence-electron chi connectivity index (χ0n) is 9.40. The van der Waals surface area contributed by atoms with Gasteiger partial charge in [-0.3, -0.25) is 4.79 Å². The second-order valence-corrected chi connectivity index (χ2v) is 3.48. The molecular weight excluding hydrogens is 265 g/mol. The van der Waals surface area contributed by atoms with Gasteiger partial charge in [0.05, 0.1) is 18.1 Å². The molecule has 0 aromatic carbocycles. The zero-order chi connectivity index (χ0) is 11.8. The van der Waals surface area contributed by atoms with Crippen molar-refractivity contribution in [3.05, 3.63) is 23.4 Å². The number of hydrogen-bond donors (Lipinski definition) is 2. The summed E-state index contributed by atoms with van der Waals surface area (Å²) in [6.45, 7) is 1.13. The topological polar surface area (TPSA) is 63.2 Å². The van der Waals surface area contributed by atoms with E-state index in [9.17, 15) is 4.79 Å². The molecule has 1 aromatic rings. The summed E-state index contributed by atoms with van der Waals surface area (Å²) >= 11 is 5.67. The molecule has 0 unspecified atom stereocenters. The zero-order valence-corrected chi connectivity index (χ0v) is 11.0. The Bertz CT molecular complexity index is 333. The van der Waals surface area contributed by atoms with Crippen LogP contribution in [0.5, 0.6) is 5.88 Å². The average molecular weight is 280 g/mol. The third kappa shape index (κ3) is 6.99. The summed E-state index contributed by atoms with van der Waals surface area (Å²) in [5.41, 5.74) is 0. The molecule has 17 heavy (non-hydrogen) atoms. The Kier molecular flexibility index (Phi) is 8.49. The highest BCUT2D eigenvalue weighted by Crippen LogP contribution is 2.10. The molecule has 0 bridgehead atoms. The second kappa shape index (κ2) is 9.04. The van der Waals surface area contributed by atoms with Crippen LogP contribution in [0.3, 0.4) is 0 Å². The van der Waals surface area contributed by atoms with E-state index < -0.39 is 0 Å². The van der Waals surface area contributed by atoms with Crippen molar-refractivity contribution in [2.75, 3.05) is 26.7 Å². The van der Waals surface area contributed by atoms with Crippen molar-refractivity contribution in [3.8, 4) is 5.88 Å². The predicted molar refractivity (Wildman–Crippen MR) is 68.9 cm³/mol. The van der Waals surface area contributed by atoms with Gasteiger partial charge in [0.2, 0.25) is 11.8 Å². The largest absolute Gasteiger partial charge is 0.476 e. The summed E-state index contributed by atoms with van der Waals surface area (Å²) in [5.74, 6) is 0.433. The van der Waals surface area contributed by atoms with Gasteiger partial charge < -0.3 is 15.4 Å². The number of aromatic nitrogens is 1. The minimum Gasteiger partial charge on any atom is -0.476 e. The number of carbonyl (C=O) groups is 1. The lowest BCUT2D eigenvalue weighted by atomic mass is 10.5. The lowest BCUT2D eigenvalue weighted by Gasteiger charge is -2.06. The van der Waals surface area contributed by atoms with Crippen LogP contribution in [0, 0.1) is 0 Å². The van der Waals surface area contributed by atoms with E-state index in [1.165, 1.54) is 6.20 Å². The standard InChI is InChI=1S/C10H14ClN3O2.ClH/c1-12-7-9(15)13-4-5-16-10-3-2-8(11)6-14-10;/h2-3,6,12H,4-5,7H2,1H3,(H,13,15);1H. The molecule has 0 saturated carbocycles. The van der Waals surface area contributed by atoms with Crippen molar-refractivity contribution < 1.29 is 9.53 Å². The Morgan fingerprint density at radius 1 is 1.53 bits per heavy atom. The van der Waals surface area contributed by atoms with Crippen LogP contribution in [0.25, 0.3) is 0 Å². The van der Waals surface area contributed by atoms with Gasteiger partial charge in [0.15, 0.2) is 0 Å². The van der Waals surface area contributed by atoms with Crippen LogP contribution in [0.4, 0.5) is 0 Å². The molecule has 2 N–H and O–H groups in total. The number of nitrogens with zero attached hydrogens (tertiary/aromatic N) is 1. The number of ether oxygens (including phenoxy) is 1. The monoisotopic (exact) mass is 279 g/mol. The Balaban J connectivity index is 0.00000256. The molecule has 0 saturated heterocycles. The first-order valence-electron chi connectivity index (χ1n) is 4.88. The number of likely N-dealkylation sites (N-methyl/N-ethyl adjacent to an activating group) is 1. The van der Waals surface area contributed by atoms with Gasteiger partial charge in [0, 0.05) is 12.3 Å². The van der Waals surface area contributed by atoms with Gasteiger partial charge in [0.1, 0.15) is 6.61 Å². The molecular formula is C10H15Cl2N3O2. The molecule has 7 heteroatoms. The fraction of sp³-hybridized carbons (Fsp3) is 0.400. The van der Waals surface area contributed by atoms with Gasteiger partial charge in [0.25, 0.3) is 0 Å². The Morgan fingerprint density at radius 2 is 2.29 bits per heavy atom. The molecule has 0 aliphatic heterocycles.